The highest BCUT2D eigenvalue weighted by molar-refractivity contribution is 6.00. The number of aromatic nitrogens is 1. The minimum Gasteiger partial charge on any atom is -0.507 e. The van der Waals surface area contributed by atoms with Crippen molar-refractivity contribution in [1.29, 1.82) is 0 Å². The van der Waals surface area contributed by atoms with Crippen LogP contribution in [-0.2, 0) is 0 Å². The number of carbonyl (C=O) groups is 1. The van der Waals surface area contributed by atoms with Gasteiger partial charge in [0.1, 0.15) is 5.75 Å². The highest BCUT2D eigenvalue weighted by Crippen LogP contribution is 2.26. The van der Waals surface area contributed by atoms with E-state index in [0.29, 0.717) is 11.5 Å². The normalized spacial score (nSPS) is 16.6. The van der Waals surface area contributed by atoms with E-state index in [1.54, 1.807) is 18.3 Å². The summed E-state index contributed by atoms with van der Waals surface area (Å²) in [6.45, 7) is 3.73. The lowest BCUT2D eigenvalue weighted by molar-refractivity contribution is 0.0694. The lowest BCUT2D eigenvalue weighted by atomic mass is 9.98. The Morgan fingerprint density at radius 3 is 2.85 bits per heavy atom. The molecule has 1 N–H and O–H groups in total. The fraction of sp³-hybridized carbons (Fsp3) is 0.375. The predicted octanol–water partition coefficient (Wildman–Crippen LogP) is 2.81. The van der Waals surface area contributed by atoms with Crippen molar-refractivity contribution >= 4 is 16.8 Å². The molecule has 0 aliphatic carbocycles. The minimum absolute atomic E-state index is 0.0362. The van der Waals surface area contributed by atoms with Gasteiger partial charge in [-0.1, -0.05) is 13.0 Å². The fourth-order valence-corrected chi connectivity index (χ4v) is 2.66. The number of fused-ring (bicyclic) bond motifs is 1. The molecule has 0 spiro atoms. The van der Waals surface area contributed by atoms with Crippen LogP contribution in [0.25, 0.3) is 10.9 Å². The second-order valence-corrected chi connectivity index (χ2v) is 5.54. The van der Waals surface area contributed by atoms with Gasteiger partial charge in [0.15, 0.2) is 0 Å². The maximum absolute atomic E-state index is 12.5. The molecule has 0 atom stereocenters. The number of piperidine rings is 1. The largest absolute Gasteiger partial charge is 0.507 e. The number of pyridine rings is 1. The summed E-state index contributed by atoms with van der Waals surface area (Å²) in [6, 6.07) is 6.99. The van der Waals surface area contributed by atoms with E-state index in [9.17, 15) is 9.90 Å². The molecule has 4 heteroatoms. The van der Waals surface area contributed by atoms with E-state index < -0.39 is 0 Å². The van der Waals surface area contributed by atoms with Crippen LogP contribution in [0.3, 0.4) is 0 Å². The van der Waals surface area contributed by atoms with Crippen LogP contribution < -0.4 is 0 Å². The molecule has 0 saturated carbocycles. The van der Waals surface area contributed by atoms with Gasteiger partial charge >= 0.3 is 0 Å². The van der Waals surface area contributed by atoms with E-state index in [0.717, 1.165) is 36.8 Å². The number of hydrogen-bond donors (Lipinski definition) is 1. The number of benzene rings is 1. The number of amides is 1. The summed E-state index contributed by atoms with van der Waals surface area (Å²) >= 11 is 0. The van der Waals surface area contributed by atoms with Crippen molar-refractivity contribution in [2.75, 3.05) is 13.1 Å². The molecule has 1 aromatic carbocycles. The molecule has 1 saturated heterocycles. The third-order valence-corrected chi connectivity index (χ3v) is 4.02. The Morgan fingerprint density at radius 2 is 2.10 bits per heavy atom. The van der Waals surface area contributed by atoms with Gasteiger partial charge in [-0.2, -0.15) is 0 Å². The first-order valence-corrected chi connectivity index (χ1v) is 7.02. The summed E-state index contributed by atoms with van der Waals surface area (Å²) in [6.07, 6.45) is 3.74. The van der Waals surface area contributed by atoms with Crippen LogP contribution in [0.1, 0.15) is 30.1 Å². The average molecular weight is 270 g/mol. The molecule has 0 radical (unpaired) electrons. The fourth-order valence-electron chi connectivity index (χ4n) is 2.66. The van der Waals surface area contributed by atoms with Crippen LogP contribution in [0, 0.1) is 5.92 Å². The zero-order chi connectivity index (χ0) is 14.1. The second-order valence-electron chi connectivity index (χ2n) is 5.54. The summed E-state index contributed by atoms with van der Waals surface area (Å²) in [4.78, 5) is 18.6. The summed E-state index contributed by atoms with van der Waals surface area (Å²) in [5.74, 6) is 0.613. The number of nitrogens with zero attached hydrogens (tertiary/aromatic N) is 2. The van der Waals surface area contributed by atoms with E-state index in [1.165, 1.54) is 0 Å². The number of rotatable bonds is 1. The average Bonchev–Trinajstić information content (AvgIpc) is 2.46. The molecular weight excluding hydrogens is 252 g/mol. The molecule has 1 aliphatic rings. The van der Waals surface area contributed by atoms with Crippen molar-refractivity contribution in [2.45, 2.75) is 19.8 Å². The van der Waals surface area contributed by atoms with Crippen LogP contribution >= 0.6 is 0 Å². The van der Waals surface area contributed by atoms with E-state index >= 15 is 0 Å². The Morgan fingerprint density at radius 1 is 1.35 bits per heavy atom. The minimum atomic E-state index is -0.0954. The third kappa shape index (κ3) is 2.33. The number of carbonyl (C=O) groups excluding carboxylic acids is 1. The van der Waals surface area contributed by atoms with Gasteiger partial charge in [0.2, 0.25) is 0 Å². The summed E-state index contributed by atoms with van der Waals surface area (Å²) in [5, 5.41) is 10.9. The zero-order valence-electron chi connectivity index (χ0n) is 11.5. The van der Waals surface area contributed by atoms with Gasteiger partial charge in [0, 0.05) is 24.7 Å². The van der Waals surface area contributed by atoms with Crippen molar-refractivity contribution in [2.24, 2.45) is 5.92 Å². The van der Waals surface area contributed by atoms with Gasteiger partial charge in [-0.3, -0.25) is 9.78 Å². The van der Waals surface area contributed by atoms with Crippen molar-refractivity contribution in [3.05, 3.63) is 36.0 Å². The van der Waals surface area contributed by atoms with Gasteiger partial charge in [-0.25, -0.2) is 0 Å². The summed E-state index contributed by atoms with van der Waals surface area (Å²) in [7, 11) is 0. The molecular formula is C16H18N2O2. The SMILES string of the molecule is CC1CCN(C(=O)c2cc3ncccc3cc2O)CC1. The van der Waals surface area contributed by atoms with Crippen LogP contribution in [0.4, 0.5) is 0 Å². The monoisotopic (exact) mass is 270 g/mol. The Labute approximate surface area is 118 Å². The lowest BCUT2D eigenvalue weighted by Gasteiger charge is -2.30. The smallest absolute Gasteiger partial charge is 0.257 e. The first-order valence-electron chi connectivity index (χ1n) is 7.02. The Bertz CT molecular complexity index is 646. The van der Waals surface area contributed by atoms with Crippen molar-refractivity contribution in [3.63, 3.8) is 0 Å². The van der Waals surface area contributed by atoms with E-state index in [2.05, 4.69) is 11.9 Å². The molecule has 2 aromatic rings. The molecule has 1 aromatic heterocycles. The lowest BCUT2D eigenvalue weighted by Crippen LogP contribution is -2.37. The maximum atomic E-state index is 12.5. The Hall–Kier alpha value is -2.10. The summed E-state index contributed by atoms with van der Waals surface area (Å²) in [5.41, 5.74) is 1.09. The molecule has 3 rings (SSSR count). The molecule has 2 heterocycles. The summed E-state index contributed by atoms with van der Waals surface area (Å²) < 4.78 is 0. The maximum Gasteiger partial charge on any atom is 0.257 e. The highest BCUT2D eigenvalue weighted by atomic mass is 16.3. The van der Waals surface area contributed by atoms with Crippen LogP contribution in [0.5, 0.6) is 5.75 Å². The van der Waals surface area contributed by atoms with Crippen molar-refractivity contribution < 1.29 is 9.90 Å². The van der Waals surface area contributed by atoms with Crippen LogP contribution in [-0.4, -0.2) is 34.0 Å². The molecule has 0 bridgehead atoms. The Balaban J connectivity index is 1.93. The third-order valence-electron chi connectivity index (χ3n) is 4.02. The van der Waals surface area contributed by atoms with Crippen molar-refractivity contribution in [3.8, 4) is 5.75 Å². The van der Waals surface area contributed by atoms with Gasteiger partial charge < -0.3 is 10.0 Å². The van der Waals surface area contributed by atoms with Crippen molar-refractivity contribution in [1.82, 2.24) is 9.88 Å². The first kappa shape index (κ1) is 12.9. The van der Waals surface area contributed by atoms with Gasteiger partial charge in [-0.05, 0) is 37.0 Å². The molecule has 1 amide bonds. The number of phenols is 1. The van der Waals surface area contributed by atoms with Crippen LogP contribution in [0.15, 0.2) is 30.5 Å². The highest BCUT2D eigenvalue weighted by Gasteiger charge is 2.23. The van der Waals surface area contributed by atoms with Gasteiger partial charge in [-0.15, -0.1) is 0 Å². The molecule has 20 heavy (non-hydrogen) atoms. The first-order chi connectivity index (χ1) is 9.65. The van der Waals surface area contributed by atoms with Crippen LogP contribution in [0.2, 0.25) is 0 Å². The number of likely N-dealkylation sites (tertiary alicyclic amines) is 1. The number of aromatic hydroxyl groups is 1. The van der Waals surface area contributed by atoms with Gasteiger partial charge in [0.25, 0.3) is 5.91 Å². The number of phenolic OH excluding ortho intramolecular Hbond substituents is 1. The van der Waals surface area contributed by atoms with E-state index in [-0.39, 0.29) is 11.7 Å². The number of hydrogen-bond acceptors (Lipinski definition) is 3. The zero-order valence-corrected chi connectivity index (χ0v) is 11.5. The van der Waals surface area contributed by atoms with E-state index in [4.69, 9.17) is 0 Å². The second kappa shape index (κ2) is 5.12. The molecule has 104 valence electrons. The predicted molar refractivity (Wildman–Crippen MR) is 77.7 cm³/mol. The molecule has 1 aliphatic heterocycles. The molecule has 0 unspecified atom stereocenters. The molecule has 1 fully saturated rings. The van der Waals surface area contributed by atoms with E-state index in [1.807, 2.05) is 17.0 Å². The van der Waals surface area contributed by atoms with Gasteiger partial charge in [0.05, 0.1) is 11.1 Å². The standard InChI is InChI=1S/C16H18N2O2/c1-11-4-7-18(8-5-11)16(20)13-10-14-12(9-15(13)19)3-2-6-17-14/h2-3,6,9-11,19H,4-5,7-8H2,1H3. The molecule has 4 nitrogen and oxygen atoms in total. The topological polar surface area (TPSA) is 53.4 Å². The Kier molecular flexibility index (Phi) is 3.30. The quantitative estimate of drug-likeness (QED) is 0.867.